The summed E-state index contributed by atoms with van der Waals surface area (Å²) in [5.41, 5.74) is 0.607. The van der Waals surface area contributed by atoms with Crippen molar-refractivity contribution in [2.45, 2.75) is 37.8 Å². The van der Waals surface area contributed by atoms with Gasteiger partial charge in [0.1, 0.15) is 5.82 Å². The summed E-state index contributed by atoms with van der Waals surface area (Å²) in [4.78, 5) is 14.0. The third-order valence-corrected chi connectivity index (χ3v) is 3.64. The Morgan fingerprint density at radius 3 is 2.25 bits per heavy atom. The van der Waals surface area contributed by atoms with E-state index < -0.39 is 0 Å². The Bertz CT molecular complexity index is 402. The smallest absolute Gasteiger partial charge is 0.254 e. The third kappa shape index (κ3) is 1.51. The lowest BCUT2D eigenvalue weighted by Crippen LogP contribution is -2.14. The fraction of sp³-hybridized carbons (Fsp3) is 0.462. The predicted molar refractivity (Wildman–Crippen MR) is 58.6 cm³/mol. The second-order valence-electron chi connectivity index (χ2n) is 4.64. The number of rotatable bonds is 1. The van der Waals surface area contributed by atoms with Gasteiger partial charge in [0, 0.05) is 5.56 Å². The zero-order valence-electron chi connectivity index (χ0n) is 9.03. The molecule has 1 saturated heterocycles. The second-order valence-corrected chi connectivity index (χ2v) is 4.64. The largest absolute Gasteiger partial charge is 0.329 e. The minimum Gasteiger partial charge on any atom is -0.329 e. The van der Waals surface area contributed by atoms with Crippen LogP contribution in [0.1, 0.15) is 36.0 Å². The van der Waals surface area contributed by atoms with Crippen LogP contribution in [0.3, 0.4) is 0 Å². The Morgan fingerprint density at radius 1 is 1.12 bits per heavy atom. The topological polar surface area (TPSA) is 20.1 Å². The van der Waals surface area contributed by atoms with E-state index in [1.807, 2.05) is 4.90 Å². The van der Waals surface area contributed by atoms with Crippen LogP contribution in [0.15, 0.2) is 24.3 Å². The molecule has 0 N–H and O–H groups in total. The van der Waals surface area contributed by atoms with E-state index in [1.54, 1.807) is 12.1 Å². The molecule has 16 heavy (non-hydrogen) atoms. The van der Waals surface area contributed by atoms with Gasteiger partial charge in [0.2, 0.25) is 0 Å². The number of carbonyl (C=O) groups is 1. The summed E-state index contributed by atoms with van der Waals surface area (Å²) in [6, 6.07) is 6.77. The van der Waals surface area contributed by atoms with Crippen LogP contribution in [0.2, 0.25) is 0 Å². The van der Waals surface area contributed by atoms with Gasteiger partial charge in [0.15, 0.2) is 0 Å². The normalized spacial score (nSPS) is 27.4. The van der Waals surface area contributed by atoms with Gasteiger partial charge >= 0.3 is 0 Å². The summed E-state index contributed by atoms with van der Waals surface area (Å²) in [5.74, 6) is -0.225. The Balaban J connectivity index is 1.76. The van der Waals surface area contributed by atoms with Crippen molar-refractivity contribution in [1.82, 2.24) is 4.90 Å². The van der Waals surface area contributed by atoms with Crippen molar-refractivity contribution in [3.63, 3.8) is 0 Å². The molecule has 1 amide bonds. The summed E-state index contributed by atoms with van der Waals surface area (Å²) in [7, 11) is 0. The Kier molecular flexibility index (Phi) is 2.20. The second kappa shape index (κ2) is 3.58. The first-order chi connectivity index (χ1) is 7.77. The molecule has 0 radical (unpaired) electrons. The highest BCUT2D eigenvalue weighted by Crippen LogP contribution is 2.41. The quantitative estimate of drug-likeness (QED) is 0.665. The number of nitrogens with zero attached hydrogens (tertiary/aromatic N) is 1. The van der Waals surface area contributed by atoms with Crippen LogP contribution in [0, 0.1) is 5.82 Å². The summed E-state index contributed by atoms with van der Waals surface area (Å²) in [6.07, 6.45) is 4.73. The van der Waals surface area contributed by atoms with Crippen LogP contribution in [0.4, 0.5) is 4.39 Å². The van der Waals surface area contributed by atoms with E-state index in [9.17, 15) is 9.18 Å². The average molecular weight is 219 g/mol. The zero-order chi connectivity index (χ0) is 11.1. The highest BCUT2D eigenvalue weighted by Gasteiger charge is 2.51. The third-order valence-electron chi connectivity index (χ3n) is 3.64. The molecule has 1 aromatic carbocycles. The first kappa shape index (κ1) is 9.82. The van der Waals surface area contributed by atoms with Gasteiger partial charge in [-0.3, -0.25) is 4.79 Å². The molecule has 1 saturated carbocycles. The van der Waals surface area contributed by atoms with Crippen LogP contribution in [0.25, 0.3) is 0 Å². The van der Waals surface area contributed by atoms with Gasteiger partial charge < -0.3 is 4.90 Å². The highest BCUT2D eigenvalue weighted by atomic mass is 19.1. The van der Waals surface area contributed by atoms with Crippen LogP contribution in [0.5, 0.6) is 0 Å². The highest BCUT2D eigenvalue weighted by molar-refractivity contribution is 5.96. The molecular formula is C13H14FNO. The number of hydrogen-bond acceptors (Lipinski definition) is 1. The van der Waals surface area contributed by atoms with Gasteiger partial charge in [-0.2, -0.15) is 0 Å². The zero-order valence-corrected chi connectivity index (χ0v) is 9.03. The molecule has 2 unspecified atom stereocenters. The van der Waals surface area contributed by atoms with Crippen molar-refractivity contribution in [3.05, 3.63) is 35.6 Å². The van der Waals surface area contributed by atoms with E-state index in [0.29, 0.717) is 17.6 Å². The van der Waals surface area contributed by atoms with Gasteiger partial charge in [-0.05, 0) is 37.1 Å². The van der Waals surface area contributed by atoms with E-state index in [1.165, 1.54) is 25.0 Å². The van der Waals surface area contributed by atoms with E-state index in [4.69, 9.17) is 0 Å². The van der Waals surface area contributed by atoms with E-state index in [0.717, 1.165) is 12.8 Å². The van der Waals surface area contributed by atoms with E-state index in [2.05, 4.69) is 0 Å². The van der Waals surface area contributed by atoms with Gasteiger partial charge in [0.25, 0.3) is 5.91 Å². The van der Waals surface area contributed by atoms with Gasteiger partial charge in [0.05, 0.1) is 12.1 Å². The molecule has 2 fully saturated rings. The predicted octanol–water partition coefficient (Wildman–Crippen LogP) is 2.59. The van der Waals surface area contributed by atoms with Crippen LogP contribution in [-0.2, 0) is 0 Å². The summed E-state index contributed by atoms with van der Waals surface area (Å²) in [5, 5.41) is 0. The number of hydrogen-bond donors (Lipinski definition) is 0. The molecular weight excluding hydrogens is 205 g/mol. The molecule has 2 nitrogen and oxygen atoms in total. The summed E-state index contributed by atoms with van der Waals surface area (Å²) < 4.78 is 12.7. The maximum Gasteiger partial charge on any atom is 0.254 e. The summed E-state index contributed by atoms with van der Waals surface area (Å²) in [6.45, 7) is 0. The maximum absolute atomic E-state index is 12.7. The monoisotopic (exact) mass is 219 g/mol. The first-order valence-corrected chi connectivity index (χ1v) is 5.85. The standard InChI is InChI=1S/C13H14FNO/c14-10-7-5-9(6-8-10)13(16)15-11-3-1-2-4-12(11)15/h5-8,11-12H,1-4H2. The first-order valence-electron chi connectivity index (χ1n) is 5.85. The number of halogens is 1. The Labute approximate surface area is 94.1 Å². The van der Waals surface area contributed by atoms with Crippen molar-refractivity contribution in [2.24, 2.45) is 0 Å². The summed E-state index contributed by atoms with van der Waals surface area (Å²) >= 11 is 0. The fourth-order valence-electron chi connectivity index (χ4n) is 2.75. The lowest BCUT2D eigenvalue weighted by atomic mass is 10.0. The molecule has 3 heteroatoms. The minimum absolute atomic E-state index is 0.0666. The van der Waals surface area contributed by atoms with Crippen LogP contribution >= 0.6 is 0 Å². The van der Waals surface area contributed by atoms with Crippen molar-refractivity contribution in [2.75, 3.05) is 0 Å². The lowest BCUT2D eigenvalue weighted by Gasteiger charge is -2.03. The Hall–Kier alpha value is -1.38. The Morgan fingerprint density at radius 2 is 1.69 bits per heavy atom. The lowest BCUT2D eigenvalue weighted by molar-refractivity contribution is 0.0865. The van der Waals surface area contributed by atoms with Crippen LogP contribution in [-0.4, -0.2) is 22.9 Å². The molecule has 0 spiro atoms. The molecule has 1 heterocycles. The molecule has 0 aromatic heterocycles. The molecule has 1 aliphatic carbocycles. The van der Waals surface area contributed by atoms with Crippen molar-refractivity contribution in [3.8, 4) is 0 Å². The van der Waals surface area contributed by atoms with Crippen molar-refractivity contribution in [1.29, 1.82) is 0 Å². The number of carbonyl (C=O) groups excluding carboxylic acids is 1. The van der Waals surface area contributed by atoms with Gasteiger partial charge in [-0.15, -0.1) is 0 Å². The molecule has 0 bridgehead atoms. The van der Waals surface area contributed by atoms with E-state index in [-0.39, 0.29) is 11.7 Å². The SMILES string of the molecule is O=C(c1ccc(F)cc1)N1C2CCCCC21. The van der Waals surface area contributed by atoms with Crippen LogP contribution < -0.4 is 0 Å². The van der Waals surface area contributed by atoms with Crippen molar-refractivity contribution >= 4 is 5.91 Å². The minimum atomic E-state index is -0.292. The molecule has 1 aliphatic heterocycles. The molecule has 3 rings (SSSR count). The molecule has 2 atom stereocenters. The number of benzene rings is 1. The average Bonchev–Trinajstić information content (AvgIpc) is 3.03. The van der Waals surface area contributed by atoms with Gasteiger partial charge in [-0.25, -0.2) is 4.39 Å². The molecule has 84 valence electrons. The maximum atomic E-state index is 12.7. The van der Waals surface area contributed by atoms with E-state index >= 15 is 0 Å². The molecule has 1 aromatic rings. The molecule has 2 aliphatic rings. The number of amides is 1. The number of likely N-dealkylation sites (tertiary alicyclic amines) is 1. The number of fused-ring (bicyclic) bond motifs is 1. The van der Waals surface area contributed by atoms with Crippen molar-refractivity contribution < 1.29 is 9.18 Å². The fourth-order valence-corrected chi connectivity index (χ4v) is 2.75. The van der Waals surface area contributed by atoms with Gasteiger partial charge in [-0.1, -0.05) is 12.8 Å².